The maximum Gasteiger partial charge on any atom is 0.150 e. The maximum atomic E-state index is 10.3. The number of hydrogen-bond donors (Lipinski definition) is 1. The van der Waals surface area contributed by atoms with Crippen molar-refractivity contribution in [2.24, 2.45) is 0 Å². The van der Waals surface area contributed by atoms with Crippen LogP contribution < -0.4 is 5.32 Å². The summed E-state index contributed by atoms with van der Waals surface area (Å²) in [6, 6.07) is 19.9. The van der Waals surface area contributed by atoms with Crippen molar-refractivity contribution in [3.8, 4) is 10.6 Å². The summed E-state index contributed by atoms with van der Waals surface area (Å²) in [7, 11) is 1.86. The van der Waals surface area contributed by atoms with E-state index < -0.39 is 0 Å². The van der Waals surface area contributed by atoms with Gasteiger partial charge in [-0.25, -0.2) is 4.98 Å². The first kappa shape index (κ1) is 20.1. The third-order valence-electron chi connectivity index (χ3n) is 4.16. The molecule has 3 nitrogen and oxygen atoms in total. The quantitative estimate of drug-likeness (QED) is 0.380. The zero-order chi connectivity index (χ0) is 20.1. The largest absolute Gasteiger partial charge is 0.387 e. The van der Waals surface area contributed by atoms with E-state index in [0.29, 0.717) is 0 Å². The van der Waals surface area contributed by atoms with Gasteiger partial charge in [-0.2, -0.15) is 0 Å². The fraction of sp³-hybridized carbons (Fsp3) is 0.130. The molecule has 0 aliphatic carbocycles. The van der Waals surface area contributed by atoms with Crippen molar-refractivity contribution < 1.29 is 4.79 Å². The molecule has 4 rings (SSSR count). The van der Waals surface area contributed by atoms with Gasteiger partial charge in [-0.15, -0.1) is 11.3 Å². The fourth-order valence-electron chi connectivity index (χ4n) is 2.92. The first-order chi connectivity index (χ1) is 13.5. The Balaban J connectivity index is 0.000000192. The molecule has 0 saturated heterocycles. The van der Waals surface area contributed by atoms with E-state index in [1.807, 2.05) is 75.5 Å². The minimum absolute atomic E-state index is 0.724. The van der Waals surface area contributed by atoms with Crippen LogP contribution >= 0.6 is 22.9 Å². The molecule has 0 aliphatic rings. The molecule has 142 valence electrons. The molecule has 28 heavy (non-hydrogen) atoms. The third kappa shape index (κ3) is 4.77. The van der Waals surface area contributed by atoms with Crippen LogP contribution in [0, 0.1) is 13.8 Å². The smallest absolute Gasteiger partial charge is 0.150 e. The summed E-state index contributed by atoms with van der Waals surface area (Å²) in [4.78, 5) is 14.9. The van der Waals surface area contributed by atoms with Crippen LogP contribution in [0.5, 0.6) is 0 Å². The Labute approximate surface area is 174 Å². The molecule has 0 atom stereocenters. The number of fused-ring (bicyclic) bond motifs is 1. The highest BCUT2D eigenvalue weighted by Gasteiger charge is 2.07. The molecular weight excluding hydrogens is 388 g/mol. The summed E-state index contributed by atoms with van der Waals surface area (Å²) < 4.78 is 1.20. The molecular formula is C23H21ClN2OS. The molecule has 0 spiro atoms. The second kappa shape index (κ2) is 9.00. The average Bonchev–Trinajstić information content (AvgIpc) is 3.12. The zero-order valence-corrected chi connectivity index (χ0v) is 17.6. The van der Waals surface area contributed by atoms with E-state index in [4.69, 9.17) is 11.6 Å². The van der Waals surface area contributed by atoms with Gasteiger partial charge in [0.15, 0.2) is 0 Å². The molecule has 1 N–H and O–H groups in total. The van der Waals surface area contributed by atoms with Crippen molar-refractivity contribution in [2.45, 2.75) is 13.8 Å². The minimum atomic E-state index is 0.724. The summed E-state index contributed by atoms with van der Waals surface area (Å²) >= 11 is 7.78. The van der Waals surface area contributed by atoms with Crippen LogP contribution in [0.4, 0.5) is 5.69 Å². The Bertz CT molecular complexity index is 1070. The number of nitrogens with zero attached hydrogens (tertiary/aromatic N) is 1. The Morgan fingerprint density at radius 3 is 2.36 bits per heavy atom. The Hall–Kier alpha value is -2.69. The van der Waals surface area contributed by atoms with Crippen molar-refractivity contribution >= 4 is 45.1 Å². The van der Waals surface area contributed by atoms with Crippen LogP contribution in [0.1, 0.15) is 21.5 Å². The lowest BCUT2D eigenvalue weighted by atomic mass is 10.1. The molecule has 1 heterocycles. The lowest BCUT2D eigenvalue weighted by Gasteiger charge is -2.04. The zero-order valence-electron chi connectivity index (χ0n) is 16.0. The van der Waals surface area contributed by atoms with Crippen LogP contribution in [0.3, 0.4) is 0 Å². The van der Waals surface area contributed by atoms with E-state index in [1.54, 1.807) is 11.3 Å². The number of thiazole rings is 1. The molecule has 0 radical (unpaired) electrons. The molecule has 1 aromatic heterocycles. The van der Waals surface area contributed by atoms with E-state index >= 15 is 0 Å². The van der Waals surface area contributed by atoms with Crippen LogP contribution in [0.2, 0.25) is 5.02 Å². The number of aromatic nitrogens is 1. The first-order valence-electron chi connectivity index (χ1n) is 8.87. The van der Waals surface area contributed by atoms with E-state index in [0.717, 1.165) is 49.8 Å². The summed E-state index contributed by atoms with van der Waals surface area (Å²) in [6.07, 6.45) is 0.875. The number of anilines is 1. The Morgan fingerprint density at radius 1 is 1.00 bits per heavy atom. The van der Waals surface area contributed by atoms with E-state index in [9.17, 15) is 4.79 Å². The van der Waals surface area contributed by atoms with Crippen molar-refractivity contribution in [3.05, 3.63) is 82.4 Å². The number of hydrogen-bond acceptors (Lipinski definition) is 4. The second-order valence-corrected chi connectivity index (χ2v) is 7.91. The normalized spacial score (nSPS) is 10.3. The lowest BCUT2D eigenvalue weighted by molar-refractivity contribution is 0.112. The minimum Gasteiger partial charge on any atom is -0.387 e. The number of para-hydroxylation sites is 1. The van der Waals surface area contributed by atoms with Crippen molar-refractivity contribution in [2.75, 3.05) is 12.4 Å². The van der Waals surface area contributed by atoms with E-state index in [1.165, 1.54) is 4.70 Å². The van der Waals surface area contributed by atoms with Gasteiger partial charge in [0.1, 0.15) is 11.3 Å². The Kier molecular flexibility index (Phi) is 6.45. The molecule has 0 aliphatic heterocycles. The summed E-state index contributed by atoms with van der Waals surface area (Å²) in [5.74, 6) is 0. The third-order valence-corrected chi connectivity index (χ3v) is 5.57. The molecule has 0 bridgehead atoms. The monoisotopic (exact) mass is 408 g/mol. The van der Waals surface area contributed by atoms with Gasteiger partial charge in [0, 0.05) is 18.2 Å². The number of nitrogens with one attached hydrogen (secondary N) is 1. The standard InChI is InChI=1S/C14H11ClN2S.C9H10O/c1-16-12-8-9(6-7-10(12)15)14-17-11-4-2-3-5-13(11)18-14;1-7-3-8(2)5-9(4-7)6-10/h2-8,16H,1H3;3-6H,1-2H3. The van der Waals surface area contributed by atoms with Gasteiger partial charge in [-0.1, -0.05) is 47.0 Å². The molecule has 0 amide bonds. The molecule has 0 fully saturated rings. The van der Waals surface area contributed by atoms with Gasteiger partial charge in [0.25, 0.3) is 0 Å². The molecule has 5 heteroatoms. The van der Waals surface area contributed by atoms with Gasteiger partial charge < -0.3 is 5.32 Å². The van der Waals surface area contributed by atoms with E-state index in [-0.39, 0.29) is 0 Å². The highest BCUT2D eigenvalue weighted by Crippen LogP contribution is 2.33. The summed E-state index contributed by atoms with van der Waals surface area (Å²) in [5.41, 5.74) is 6.10. The van der Waals surface area contributed by atoms with Gasteiger partial charge in [0.2, 0.25) is 0 Å². The highest BCUT2D eigenvalue weighted by atomic mass is 35.5. The lowest BCUT2D eigenvalue weighted by Crippen LogP contribution is -1.89. The summed E-state index contributed by atoms with van der Waals surface area (Å²) in [6.45, 7) is 3.97. The molecule has 4 aromatic rings. The number of carbonyl (C=O) groups excluding carboxylic acids is 1. The number of aryl methyl sites for hydroxylation is 2. The number of halogens is 1. The molecule has 0 unspecified atom stereocenters. The van der Waals surface area contributed by atoms with E-state index in [2.05, 4.69) is 16.4 Å². The van der Waals surface area contributed by atoms with Crippen LogP contribution in [-0.4, -0.2) is 18.3 Å². The highest BCUT2D eigenvalue weighted by molar-refractivity contribution is 7.21. The van der Waals surface area contributed by atoms with Gasteiger partial charge in [-0.05, 0) is 50.2 Å². The van der Waals surface area contributed by atoms with Crippen LogP contribution in [0.15, 0.2) is 60.7 Å². The Morgan fingerprint density at radius 2 is 1.71 bits per heavy atom. The fourth-order valence-corrected chi connectivity index (χ4v) is 4.10. The molecule has 0 saturated carbocycles. The predicted molar refractivity (Wildman–Crippen MR) is 121 cm³/mol. The van der Waals surface area contributed by atoms with Gasteiger partial charge in [0.05, 0.1) is 20.9 Å². The first-order valence-corrected chi connectivity index (χ1v) is 10.1. The van der Waals surface area contributed by atoms with Crippen LogP contribution in [-0.2, 0) is 0 Å². The summed E-state index contributed by atoms with van der Waals surface area (Å²) in [5, 5.41) is 4.83. The molecule has 3 aromatic carbocycles. The van der Waals surface area contributed by atoms with Gasteiger partial charge in [-0.3, -0.25) is 4.79 Å². The average molecular weight is 409 g/mol. The number of aldehydes is 1. The number of rotatable bonds is 3. The maximum absolute atomic E-state index is 10.3. The van der Waals surface area contributed by atoms with Crippen LogP contribution in [0.25, 0.3) is 20.8 Å². The van der Waals surface area contributed by atoms with Gasteiger partial charge >= 0.3 is 0 Å². The van der Waals surface area contributed by atoms with Crippen molar-refractivity contribution in [1.29, 1.82) is 0 Å². The number of benzene rings is 3. The van der Waals surface area contributed by atoms with Crippen molar-refractivity contribution in [3.63, 3.8) is 0 Å². The number of carbonyl (C=O) groups is 1. The predicted octanol–water partition coefficient (Wildman–Crippen LogP) is 6.77. The second-order valence-electron chi connectivity index (χ2n) is 6.47. The SMILES string of the molecule is CNc1cc(-c2nc3ccccc3s2)ccc1Cl.Cc1cc(C)cc(C=O)c1. The van der Waals surface area contributed by atoms with Crippen molar-refractivity contribution in [1.82, 2.24) is 4.98 Å². The topological polar surface area (TPSA) is 42.0 Å².